The lowest BCUT2D eigenvalue weighted by Crippen LogP contribution is -2.00. The highest BCUT2D eigenvalue weighted by molar-refractivity contribution is 5.65. The number of allylic oxidation sites excluding steroid dienone is 2. The van der Waals surface area contributed by atoms with Crippen molar-refractivity contribution in [2.45, 2.75) is 58.3 Å². The van der Waals surface area contributed by atoms with Crippen molar-refractivity contribution in [1.29, 1.82) is 0 Å². The molecule has 3 heteroatoms. The summed E-state index contributed by atoms with van der Waals surface area (Å²) < 4.78 is 18.5. The van der Waals surface area contributed by atoms with Crippen LogP contribution in [0.4, 0.5) is 4.39 Å². The Morgan fingerprint density at radius 1 is 1.04 bits per heavy atom. The summed E-state index contributed by atoms with van der Waals surface area (Å²) in [5, 5.41) is 0. The fourth-order valence-corrected chi connectivity index (χ4v) is 2.29. The fraction of sp³-hybridized carbons (Fsp3) is 0.476. The summed E-state index contributed by atoms with van der Waals surface area (Å²) >= 11 is 0. The lowest BCUT2D eigenvalue weighted by molar-refractivity contribution is -0.141. The Balaban J connectivity index is 2.00. The molecule has 130 valence electrons. The predicted octanol–water partition coefficient (Wildman–Crippen LogP) is 5.58. The molecule has 0 spiro atoms. The number of hydrogen-bond acceptors (Lipinski definition) is 2. The minimum absolute atomic E-state index is 0.139. The van der Waals surface area contributed by atoms with E-state index in [1.807, 2.05) is 30.3 Å². The summed E-state index contributed by atoms with van der Waals surface area (Å²) in [5.74, 6) is 5.34. The average Bonchev–Trinajstić information content (AvgIpc) is 2.57. The number of carbonyl (C=O) groups is 1. The first-order valence-electron chi connectivity index (χ1n) is 8.73. The van der Waals surface area contributed by atoms with Crippen LogP contribution in [0, 0.1) is 11.8 Å². The maximum Gasteiger partial charge on any atom is 0.302 e. The number of ether oxygens (including phenoxy) is 1. The molecule has 0 aliphatic heterocycles. The van der Waals surface area contributed by atoms with E-state index in [2.05, 4.69) is 11.8 Å². The number of unbranched alkanes of at least 4 members (excludes halogenated alkanes) is 6. The van der Waals surface area contributed by atoms with Crippen LogP contribution in [0.1, 0.15) is 63.9 Å². The van der Waals surface area contributed by atoms with Crippen molar-refractivity contribution in [2.75, 3.05) is 6.61 Å². The third-order valence-electron chi connectivity index (χ3n) is 3.58. The van der Waals surface area contributed by atoms with Crippen LogP contribution in [0.25, 0.3) is 0 Å². The Morgan fingerprint density at radius 2 is 1.67 bits per heavy atom. The summed E-state index contributed by atoms with van der Waals surface area (Å²) in [6.45, 7) is 1.95. The van der Waals surface area contributed by atoms with Crippen LogP contribution < -0.4 is 0 Å². The van der Waals surface area contributed by atoms with Crippen LogP contribution in [0.15, 0.2) is 42.2 Å². The molecule has 0 aliphatic carbocycles. The van der Waals surface area contributed by atoms with E-state index >= 15 is 0 Å². The van der Waals surface area contributed by atoms with Gasteiger partial charge in [0.25, 0.3) is 0 Å². The van der Waals surface area contributed by atoms with Crippen molar-refractivity contribution in [1.82, 2.24) is 0 Å². The standard InChI is InChI=1S/C21H27FO2/c1-19(23)24-18-11-6-4-2-3-5-10-16-21(22)17-12-15-20-13-8-7-9-14-20/h7-9,13-14,17H,2-6,10-11,16,18H2,1H3/b21-17-. The number of esters is 1. The zero-order valence-corrected chi connectivity index (χ0v) is 14.5. The molecule has 0 unspecified atom stereocenters. The van der Waals surface area contributed by atoms with E-state index in [1.165, 1.54) is 13.0 Å². The van der Waals surface area contributed by atoms with E-state index in [4.69, 9.17) is 4.74 Å². The number of halogens is 1. The van der Waals surface area contributed by atoms with Gasteiger partial charge >= 0.3 is 5.97 Å². The van der Waals surface area contributed by atoms with E-state index in [0.717, 1.165) is 50.5 Å². The number of carbonyl (C=O) groups excluding carboxylic acids is 1. The molecule has 0 saturated heterocycles. The molecule has 0 amide bonds. The summed E-state index contributed by atoms with van der Waals surface area (Å²) in [4.78, 5) is 10.6. The molecule has 0 aromatic heterocycles. The number of rotatable bonds is 10. The van der Waals surface area contributed by atoms with E-state index in [0.29, 0.717) is 13.0 Å². The summed E-state index contributed by atoms with van der Waals surface area (Å²) in [5.41, 5.74) is 0.898. The molecule has 24 heavy (non-hydrogen) atoms. The summed E-state index contributed by atoms with van der Waals surface area (Å²) in [6, 6.07) is 9.58. The molecule has 0 saturated carbocycles. The minimum atomic E-state index is -0.210. The Labute approximate surface area is 145 Å². The molecule has 0 N–H and O–H groups in total. The third-order valence-corrected chi connectivity index (χ3v) is 3.58. The van der Waals surface area contributed by atoms with Gasteiger partial charge in [-0.05, 0) is 31.4 Å². The van der Waals surface area contributed by atoms with Gasteiger partial charge in [-0.25, -0.2) is 4.39 Å². The van der Waals surface area contributed by atoms with E-state index in [9.17, 15) is 9.18 Å². The molecular weight excluding hydrogens is 303 g/mol. The normalized spacial score (nSPS) is 10.8. The third kappa shape index (κ3) is 11.5. The van der Waals surface area contributed by atoms with Gasteiger partial charge in [0.05, 0.1) is 6.61 Å². The SMILES string of the molecule is CC(=O)OCCCCCCCCC/C(F)=C/C#Cc1ccccc1. The highest BCUT2D eigenvalue weighted by Gasteiger charge is 1.96. The fourth-order valence-electron chi connectivity index (χ4n) is 2.29. The molecule has 0 radical (unpaired) electrons. The Morgan fingerprint density at radius 3 is 2.33 bits per heavy atom. The molecule has 2 nitrogen and oxygen atoms in total. The van der Waals surface area contributed by atoms with Gasteiger partial charge in [-0.2, -0.15) is 0 Å². The molecule has 0 fully saturated rings. The van der Waals surface area contributed by atoms with Crippen molar-refractivity contribution in [2.24, 2.45) is 0 Å². The Hall–Kier alpha value is -2.08. The molecule has 1 aromatic carbocycles. The van der Waals surface area contributed by atoms with Gasteiger partial charge in [0.15, 0.2) is 0 Å². The second-order valence-electron chi connectivity index (χ2n) is 5.79. The quantitative estimate of drug-likeness (QED) is 0.318. The van der Waals surface area contributed by atoms with Crippen LogP contribution >= 0.6 is 0 Å². The lowest BCUT2D eigenvalue weighted by atomic mass is 10.1. The molecule has 0 aliphatic rings. The molecular formula is C21H27FO2. The van der Waals surface area contributed by atoms with Gasteiger partial charge in [-0.3, -0.25) is 4.79 Å². The van der Waals surface area contributed by atoms with Crippen LogP contribution in [-0.4, -0.2) is 12.6 Å². The first kappa shape index (κ1) is 20.0. The zero-order chi connectivity index (χ0) is 17.5. The van der Waals surface area contributed by atoms with Crippen molar-refractivity contribution >= 4 is 5.97 Å². The average molecular weight is 330 g/mol. The topological polar surface area (TPSA) is 26.3 Å². The maximum atomic E-state index is 13.6. The van der Waals surface area contributed by atoms with Gasteiger partial charge in [0.1, 0.15) is 5.83 Å². The van der Waals surface area contributed by atoms with Gasteiger partial charge in [-0.15, -0.1) is 0 Å². The van der Waals surface area contributed by atoms with Crippen LogP contribution in [0.3, 0.4) is 0 Å². The van der Waals surface area contributed by atoms with E-state index in [1.54, 1.807) is 0 Å². The predicted molar refractivity (Wildman–Crippen MR) is 96.1 cm³/mol. The molecule has 1 aromatic rings. The van der Waals surface area contributed by atoms with Crippen molar-refractivity contribution in [3.63, 3.8) is 0 Å². The van der Waals surface area contributed by atoms with E-state index < -0.39 is 0 Å². The van der Waals surface area contributed by atoms with Crippen molar-refractivity contribution < 1.29 is 13.9 Å². The highest BCUT2D eigenvalue weighted by atomic mass is 19.1. The molecule has 1 rings (SSSR count). The smallest absolute Gasteiger partial charge is 0.302 e. The maximum absolute atomic E-state index is 13.6. The molecule has 0 heterocycles. The number of hydrogen-bond donors (Lipinski definition) is 0. The highest BCUT2D eigenvalue weighted by Crippen LogP contribution is 2.13. The van der Waals surface area contributed by atoms with Crippen molar-refractivity contribution in [3.8, 4) is 11.8 Å². The van der Waals surface area contributed by atoms with Gasteiger partial charge in [0, 0.05) is 18.6 Å². The lowest BCUT2D eigenvalue weighted by Gasteiger charge is -2.02. The molecule has 0 atom stereocenters. The first-order valence-corrected chi connectivity index (χ1v) is 8.73. The summed E-state index contributed by atoms with van der Waals surface area (Å²) in [6.07, 6.45) is 9.17. The van der Waals surface area contributed by atoms with E-state index in [-0.39, 0.29) is 11.8 Å². The van der Waals surface area contributed by atoms with Crippen LogP contribution in [0.5, 0.6) is 0 Å². The van der Waals surface area contributed by atoms with Crippen LogP contribution in [-0.2, 0) is 9.53 Å². The largest absolute Gasteiger partial charge is 0.466 e. The Bertz CT molecular complexity index is 552. The number of benzene rings is 1. The summed E-state index contributed by atoms with van der Waals surface area (Å²) in [7, 11) is 0. The minimum Gasteiger partial charge on any atom is -0.466 e. The monoisotopic (exact) mass is 330 g/mol. The van der Waals surface area contributed by atoms with Crippen LogP contribution in [0.2, 0.25) is 0 Å². The first-order chi connectivity index (χ1) is 11.7. The van der Waals surface area contributed by atoms with Crippen molar-refractivity contribution in [3.05, 3.63) is 47.8 Å². The molecule has 0 bridgehead atoms. The zero-order valence-electron chi connectivity index (χ0n) is 14.5. The van der Waals surface area contributed by atoms with Gasteiger partial charge < -0.3 is 4.74 Å². The van der Waals surface area contributed by atoms with Gasteiger partial charge in [-0.1, -0.05) is 62.1 Å². The van der Waals surface area contributed by atoms with Gasteiger partial charge in [0.2, 0.25) is 0 Å². The second-order valence-corrected chi connectivity index (χ2v) is 5.79. The Kier molecular flexibility index (Phi) is 11.1. The second kappa shape index (κ2) is 13.4.